The first-order chi connectivity index (χ1) is 7.20. The Hall–Kier alpha value is -1.58. The van der Waals surface area contributed by atoms with E-state index in [1.165, 1.54) is 0 Å². The van der Waals surface area contributed by atoms with Crippen molar-refractivity contribution in [3.8, 4) is 5.88 Å². The zero-order valence-electron chi connectivity index (χ0n) is 8.86. The lowest BCUT2D eigenvalue weighted by Gasteiger charge is -2.04. The predicted octanol–water partition coefficient (Wildman–Crippen LogP) is 1.68. The van der Waals surface area contributed by atoms with Crippen molar-refractivity contribution in [3.63, 3.8) is 0 Å². The normalized spacial score (nSPS) is 23.3. The first kappa shape index (κ1) is 9.96. The molecule has 1 aliphatic carbocycles. The summed E-state index contributed by atoms with van der Waals surface area (Å²) in [5, 5.41) is 2.83. The molecule has 1 N–H and O–H groups in total. The maximum Gasteiger partial charge on any atom is 0.227 e. The van der Waals surface area contributed by atoms with Crippen molar-refractivity contribution in [2.45, 2.75) is 13.3 Å². The van der Waals surface area contributed by atoms with Gasteiger partial charge in [0.05, 0.1) is 19.0 Å². The summed E-state index contributed by atoms with van der Waals surface area (Å²) in [6.45, 7) is 2.08. The third kappa shape index (κ3) is 2.26. The number of anilines is 1. The molecule has 0 saturated heterocycles. The highest BCUT2D eigenvalue weighted by Crippen LogP contribution is 2.38. The first-order valence-electron chi connectivity index (χ1n) is 5.01. The lowest BCUT2D eigenvalue weighted by Crippen LogP contribution is -2.14. The summed E-state index contributed by atoms with van der Waals surface area (Å²) in [7, 11) is 1.56. The molecular weight excluding hydrogens is 192 g/mol. The molecule has 0 radical (unpaired) electrons. The van der Waals surface area contributed by atoms with Crippen LogP contribution in [-0.2, 0) is 4.79 Å². The number of amides is 1. The first-order valence-corrected chi connectivity index (χ1v) is 5.01. The number of carbonyl (C=O) groups excluding carboxylic acids is 1. The Morgan fingerprint density at radius 3 is 2.80 bits per heavy atom. The van der Waals surface area contributed by atoms with E-state index in [4.69, 9.17) is 4.74 Å². The molecule has 2 atom stereocenters. The van der Waals surface area contributed by atoms with Crippen LogP contribution in [0.15, 0.2) is 18.3 Å². The topological polar surface area (TPSA) is 51.2 Å². The van der Waals surface area contributed by atoms with Crippen LogP contribution in [0.3, 0.4) is 0 Å². The summed E-state index contributed by atoms with van der Waals surface area (Å²) in [6, 6.07) is 3.52. The number of nitrogens with one attached hydrogen (secondary N) is 1. The molecule has 0 aromatic carbocycles. The molecule has 0 spiro atoms. The van der Waals surface area contributed by atoms with Gasteiger partial charge in [-0.05, 0) is 18.4 Å². The number of rotatable bonds is 3. The van der Waals surface area contributed by atoms with E-state index in [0.29, 0.717) is 11.8 Å². The molecule has 0 aliphatic heterocycles. The fourth-order valence-corrected chi connectivity index (χ4v) is 1.50. The molecule has 2 unspecified atom stereocenters. The van der Waals surface area contributed by atoms with Crippen LogP contribution in [0.25, 0.3) is 0 Å². The van der Waals surface area contributed by atoms with Gasteiger partial charge in [0.15, 0.2) is 0 Å². The SMILES string of the molecule is COc1ccc(NC(=O)C2CC2C)cn1. The Bertz CT molecular complexity index is 361. The van der Waals surface area contributed by atoms with Crippen LogP contribution in [0.1, 0.15) is 13.3 Å². The molecule has 1 amide bonds. The Morgan fingerprint density at radius 2 is 2.33 bits per heavy atom. The smallest absolute Gasteiger partial charge is 0.227 e. The summed E-state index contributed by atoms with van der Waals surface area (Å²) in [5.41, 5.74) is 0.722. The summed E-state index contributed by atoms with van der Waals surface area (Å²) in [5.74, 6) is 1.35. The largest absolute Gasteiger partial charge is 0.481 e. The van der Waals surface area contributed by atoms with Crippen LogP contribution in [0.4, 0.5) is 5.69 Å². The Labute approximate surface area is 88.7 Å². The molecule has 1 aromatic rings. The van der Waals surface area contributed by atoms with Gasteiger partial charge in [0.25, 0.3) is 0 Å². The molecule has 80 valence electrons. The van der Waals surface area contributed by atoms with Gasteiger partial charge < -0.3 is 10.1 Å². The lowest BCUT2D eigenvalue weighted by atomic mass is 10.3. The van der Waals surface area contributed by atoms with E-state index >= 15 is 0 Å². The van der Waals surface area contributed by atoms with Crippen molar-refractivity contribution in [2.24, 2.45) is 11.8 Å². The average Bonchev–Trinajstić information content (AvgIpc) is 2.97. The maximum absolute atomic E-state index is 11.6. The summed E-state index contributed by atoms with van der Waals surface area (Å²) in [6.07, 6.45) is 2.60. The standard InChI is InChI=1S/C11H14N2O2/c1-7-5-9(7)11(14)13-8-3-4-10(15-2)12-6-8/h3-4,6-7,9H,5H2,1-2H3,(H,13,14). The van der Waals surface area contributed by atoms with Crippen molar-refractivity contribution in [1.82, 2.24) is 4.98 Å². The highest BCUT2D eigenvalue weighted by molar-refractivity contribution is 5.94. The highest BCUT2D eigenvalue weighted by atomic mass is 16.5. The second-order valence-corrected chi connectivity index (χ2v) is 3.90. The van der Waals surface area contributed by atoms with Gasteiger partial charge in [0, 0.05) is 12.0 Å². The van der Waals surface area contributed by atoms with Crippen LogP contribution in [0, 0.1) is 11.8 Å². The van der Waals surface area contributed by atoms with E-state index in [1.54, 1.807) is 25.4 Å². The Kier molecular flexibility index (Phi) is 2.58. The number of hydrogen-bond donors (Lipinski definition) is 1. The maximum atomic E-state index is 11.6. The van der Waals surface area contributed by atoms with Crippen LogP contribution in [0.5, 0.6) is 5.88 Å². The van der Waals surface area contributed by atoms with Crippen molar-refractivity contribution < 1.29 is 9.53 Å². The van der Waals surface area contributed by atoms with Gasteiger partial charge in [-0.3, -0.25) is 4.79 Å². The van der Waals surface area contributed by atoms with Crippen molar-refractivity contribution in [3.05, 3.63) is 18.3 Å². The quantitative estimate of drug-likeness (QED) is 0.818. The summed E-state index contributed by atoms with van der Waals surface area (Å²) in [4.78, 5) is 15.6. The molecule has 2 rings (SSSR count). The molecule has 1 heterocycles. The molecule has 1 aliphatic rings. The molecule has 0 bridgehead atoms. The molecule has 1 saturated carbocycles. The second-order valence-electron chi connectivity index (χ2n) is 3.90. The predicted molar refractivity (Wildman–Crippen MR) is 56.7 cm³/mol. The van der Waals surface area contributed by atoms with E-state index < -0.39 is 0 Å². The lowest BCUT2D eigenvalue weighted by molar-refractivity contribution is -0.117. The molecular formula is C11H14N2O2. The van der Waals surface area contributed by atoms with E-state index in [0.717, 1.165) is 12.1 Å². The molecule has 4 heteroatoms. The van der Waals surface area contributed by atoms with E-state index in [9.17, 15) is 4.79 Å². The highest BCUT2D eigenvalue weighted by Gasteiger charge is 2.39. The van der Waals surface area contributed by atoms with Crippen LogP contribution in [0.2, 0.25) is 0 Å². The van der Waals surface area contributed by atoms with Gasteiger partial charge in [-0.25, -0.2) is 4.98 Å². The second kappa shape index (κ2) is 3.88. The number of aromatic nitrogens is 1. The fraction of sp³-hybridized carbons (Fsp3) is 0.455. The van der Waals surface area contributed by atoms with E-state index in [2.05, 4.69) is 17.2 Å². The number of hydrogen-bond acceptors (Lipinski definition) is 3. The van der Waals surface area contributed by atoms with Gasteiger partial charge in [0.2, 0.25) is 11.8 Å². The minimum atomic E-state index is 0.0921. The number of ether oxygens (including phenoxy) is 1. The number of pyridine rings is 1. The van der Waals surface area contributed by atoms with Crippen molar-refractivity contribution in [1.29, 1.82) is 0 Å². The molecule has 4 nitrogen and oxygen atoms in total. The fourth-order valence-electron chi connectivity index (χ4n) is 1.50. The average molecular weight is 206 g/mol. The van der Waals surface area contributed by atoms with Crippen molar-refractivity contribution in [2.75, 3.05) is 12.4 Å². The molecule has 15 heavy (non-hydrogen) atoms. The van der Waals surface area contributed by atoms with Crippen LogP contribution < -0.4 is 10.1 Å². The minimum Gasteiger partial charge on any atom is -0.481 e. The number of methoxy groups -OCH3 is 1. The number of nitrogens with zero attached hydrogens (tertiary/aromatic N) is 1. The van der Waals surface area contributed by atoms with Gasteiger partial charge >= 0.3 is 0 Å². The Morgan fingerprint density at radius 1 is 1.60 bits per heavy atom. The van der Waals surface area contributed by atoms with Crippen LogP contribution >= 0.6 is 0 Å². The number of carbonyl (C=O) groups is 1. The summed E-state index contributed by atoms with van der Waals surface area (Å²) >= 11 is 0. The van der Waals surface area contributed by atoms with Gasteiger partial charge in [-0.1, -0.05) is 6.92 Å². The summed E-state index contributed by atoms with van der Waals surface area (Å²) < 4.78 is 4.93. The molecule has 1 aromatic heterocycles. The third-order valence-corrected chi connectivity index (χ3v) is 2.66. The van der Waals surface area contributed by atoms with E-state index in [-0.39, 0.29) is 11.8 Å². The van der Waals surface area contributed by atoms with Gasteiger partial charge in [-0.2, -0.15) is 0 Å². The minimum absolute atomic E-state index is 0.0921. The zero-order chi connectivity index (χ0) is 10.8. The zero-order valence-corrected chi connectivity index (χ0v) is 8.86. The van der Waals surface area contributed by atoms with E-state index in [1.807, 2.05) is 0 Å². The van der Waals surface area contributed by atoms with Crippen molar-refractivity contribution >= 4 is 11.6 Å². The van der Waals surface area contributed by atoms with Crippen LogP contribution in [-0.4, -0.2) is 18.0 Å². The Balaban J connectivity index is 1.95. The monoisotopic (exact) mass is 206 g/mol. The van der Waals surface area contributed by atoms with Gasteiger partial charge in [-0.15, -0.1) is 0 Å². The molecule has 1 fully saturated rings. The van der Waals surface area contributed by atoms with Gasteiger partial charge in [0.1, 0.15) is 0 Å². The third-order valence-electron chi connectivity index (χ3n) is 2.66.